The number of carbonyl (C=O) groups is 1. The number of pyridine rings is 2. The minimum absolute atomic E-state index is 0.236. The molecule has 8 nitrogen and oxygen atoms in total. The molecule has 0 atom stereocenters. The van der Waals surface area contributed by atoms with Crippen molar-refractivity contribution in [1.82, 2.24) is 19.7 Å². The zero-order chi connectivity index (χ0) is 23.9. The molecule has 8 heteroatoms. The minimum Gasteiger partial charge on any atom is -0.378 e. The zero-order valence-electron chi connectivity index (χ0n) is 19.2. The molecular formula is C27H26N6O2. The van der Waals surface area contributed by atoms with Gasteiger partial charge in [0.15, 0.2) is 5.82 Å². The fourth-order valence-corrected chi connectivity index (χ4v) is 4.00. The number of nitrogens with one attached hydrogen (secondary N) is 1. The third-order valence-corrected chi connectivity index (χ3v) is 5.68. The highest BCUT2D eigenvalue weighted by atomic mass is 16.5. The Morgan fingerprint density at radius 3 is 2.66 bits per heavy atom. The zero-order valence-corrected chi connectivity index (χ0v) is 19.2. The second-order valence-electron chi connectivity index (χ2n) is 8.15. The van der Waals surface area contributed by atoms with Crippen LogP contribution in [0, 0.1) is 0 Å². The smallest absolute Gasteiger partial charge is 0.248 e. The Labute approximate surface area is 203 Å². The average Bonchev–Trinajstić information content (AvgIpc) is 3.32. The van der Waals surface area contributed by atoms with Crippen LogP contribution < -0.4 is 10.2 Å². The molecule has 1 fully saturated rings. The number of rotatable bonds is 7. The number of aromatic nitrogens is 4. The monoisotopic (exact) mass is 466 g/mol. The van der Waals surface area contributed by atoms with Gasteiger partial charge in [0.1, 0.15) is 5.69 Å². The Hall–Kier alpha value is -4.30. The topological polar surface area (TPSA) is 85.2 Å². The lowest BCUT2D eigenvalue weighted by Crippen LogP contribution is -2.37. The molecule has 1 aliphatic rings. The predicted octanol–water partition coefficient (Wildman–Crippen LogP) is 3.88. The highest BCUT2D eigenvalue weighted by molar-refractivity contribution is 6.03. The van der Waals surface area contributed by atoms with Crippen LogP contribution in [-0.2, 0) is 16.1 Å². The maximum absolute atomic E-state index is 12.9. The summed E-state index contributed by atoms with van der Waals surface area (Å²) < 4.78 is 7.32. The van der Waals surface area contributed by atoms with Gasteiger partial charge in [0.2, 0.25) is 5.91 Å². The summed E-state index contributed by atoms with van der Waals surface area (Å²) >= 11 is 0. The van der Waals surface area contributed by atoms with E-state index in [0.29, 0.717) is 25.4 Å². The van der Waals surface area contributed by atoms with E-state index in [2.05, 4.69) is 32.3 Å². The quantitative estimate of drug-likeness (QED) is 0.416. The van der Waals surface area contributed by atoms with Gasteiger partial charge in [-0.2, -0.15) is 5.10 Å². The summed E-state index contributed by atoms with van der Waals surface area (Å²) in [5.74, 6) is 0.518. The molecule has 35 heavy (non-hydrogen) atoms. The Bertz CT molecular complexity index is 1300. The third-order valence-electron chi connectivity index (χ3n) is 5.68. The molecule has 0 unspecified atom stereocenters. The molecule has 1 N–H and O–H groups in total. The molecule has 1 aliphatic heterocycles. The van der Waals surface area contributed by atoms with Crippen molar-refractivity contribution < 1.29 is 9.53 Å². The van der Waals surface area contributed by atoms with Gasteiger partial charge in [-0.3, -0.25) is 14.5 Å². The van der Waals surface area contributed by atoms with Crippen LogP contribution in [0.5, 0.6) is 0 Å². The van der Waals surface area contributed by atoms with Crippen LogP contribution in [0.4, 0.5) is 11.5 Å². The molecule has 4 heterocycles. The number of benzene rings is 1. The molecular weight excluding hydrogens is 440 g/mol. The molecule has 176 valence electrons. The maximum atomic E-state index is 12.9. The van der Waals surface area contributed by atoms with Gasteiger partial charge >= 0.3 is 0 Å². The second kappa shape index (κ2) is 10.8. The number of nitrogens with zero attached hydrogens (tertiary/aromatic N) is 5. The molecule has 0 saturated carbocycles. The van der Waals surface area contributed by atoms with E-state index >= 15 is 0 Å². The van der Waals surface area contributed by atoms with Gasteiger partial charge in [-0.1, -0.05) is 30.3 Å². The number of ether oxygens (including phenoxy) is 1. The van der Waals surface area contributed by atoms with Crippen LogP contribution in [-0.4, -0.2) is 52.0 Å². The van der Waals surface area contributed by atoms with Gasteiger partial charge in [-0.05, 0) is 35.9 Å². The van der Waals surface area contributed by atoms with Crippen molar-refractivity contribution in [3.8, 4) is 11.3 Å². The highest BCUT2D eigenvalue weighted by Crippen LogP contribution is 2.25. The Morgan fingerprint density at radius 2 is 1.86 bits per heavy atom. The van der Waals surface area contributed by atoms with Crippen molar-refractivity contribution in [3.63, 3.8) is 0 Å². The van der Waals surface area contributed by atoms with Crippen molar-refractivity contribution in [2.45, 2.75) is 6.54 Å². The van der Waals surface area contributed by atoms with Crippen molar-refractivity contribution in [3.05, 3.63) is 96.6 Å². The first kappa shape index (κ1) is 22.5. The molecule has 0 spiro atoms. The van der Waals surface area contributed by atoms with Crippen LogP contribution in [0.25, 0.3) is 17.3 Å². The summed E-state index contributed by atoms with van der Waals surface area (Å²) in [5, 5.41) is 7.75. The van der Waals surface area contributed by atoms with Gasteiger partial charge in [0.25, 0.3) is 0 Å². The van der Waals surface area contributed by atoms with Crippen LogP contribution in [0.2, 0.25) is 0 Å². The lowest BCUT2D eigenvalue weighted by atomic mass is 10.1. The normalized spacial score (nSPS) is 13.8. The van der Waals surface area contributed by atoms with Crippen LogP contribution in [0.1, 0.15) is 11.1 Å². The summed E-state index contributed by atoms with van der Waals surface area (Å²) in [6.07, 6.45) is 10.5. The summed E-state index contributed by atoms with van der Waals surface area (Å²) in [4.78, 5) is 23.7. The van der Waals surface area contributed by atoms with E-state index in [1.165, 1.54) is 6.08 Å². The lowest BCUT2D eigenvalue weighted by molar-refractivity contribution is -0.111. The molecule has 1 amide bonds. The number of hydrogen-bond acceptors (Lipinski definition) is 6. The van der Waals surface area contributed by atoms with E-state index in [0.717, 1.165) is 41.3 Å². The second-order valence-corrected chi connectivity index (χ2v) is 8.15. The molecule has 5 rings (SSSR count). The van der Waals surface area contributed by atoms with Crippen molar-refractivity contribution >= 4 is 23.5 Å². The molecule has 0 radical (unpaired) electrons. The molecule has 0 bridgehead atoms. The summed E-state index contributed by atoms with van der Waals surface area (Å²) in [7, 11) is 0. The van der Waals surface area contributed by atoms with Gasteiger partial charge in [0, 0.05) is 55.1 Å². The number of carbonyl (C=O) groups excluding carboxylic acids is 1. The molecule has 3 aromatic heterocycles. The predicted molar refractivity (Wildman–Crippen MR) is 136 cm³/mol. The number of anilines is 2. The van der Waals surface area contributed by atoms with Crippen molar-refractivity contribution in [2.24, 2.45) is 0 Å². The van der Waals surface area contributed by atoms with Crippen LogP contribution in [0.15, 0.2) is 85.5 Å². The standard InChI is InChI=1S/C27H26N6O2/c34-25(30-24-9-5-13-29-27(24)32-14-16-35-17-15-32)11-10-23-20-33(19-21-6-2-1-3-7-21)31-26(23)22-8-4-12-28-18-22/h1-13,18,20H,14-17,19H2,(H,30,34)/b11-10+. The van der Waals surface area contributed by atoms with E-state index in [-0.39, 0.29) is 5.91 Å². The van der Waals surface area contributed by atoms with Crippen LogP contribution in [0.3, 0.4) is 0 Å². The molecule has 0 aliphatic carbocycles. The van der Waals surface area contributed by atoms with Crippen molar-refractivity contribution in [1.29, 1.82) is 0 Å². The first-order chi connectivity index (χ1) is 17.3. The van der Waals surface area contributed by atoms with Gasteiger partial charge < -0.3 is 15.0 Å². The number of amides is 1. The van der Waals surface area contributed by atoms with E-state index in [1.54, 1.807) is 24.7 Å². The highest BCUT2D eigenvalue weighted by Gasteiger charge is 2.17. The Balaban J connectivity index is 1.37. The van der Waals surface area contributed by atoms with Gasteiger partial charge in [-0.25, -0.2) is 4.98 Å². The van der Waals surface area contributed by atoms with Crippen molar-refractivity contribution in [2.75, 3.05) is 36.5 Å². The summed E-state index contributed by atoms with van der Waals surface area (Å²) in [5.41, 5.74) is 4.32. The van der Waals surface area contributed by atoms with E-state index in [1.807, 2.05) is 53.3 Å². The van der Waals surface area contributed by atoms with Gasteiger partial charge in [0.05, 0.1) is 25.4 Å². The first-order valence-corrected chi connectivity index (χ1v) is 11.5. The van der Waals surface area contributed by atoms with Crippen LogP contribution >= 0.6 is 0 Å². The van der Waals surface area contributed by atoms with E-state index in [4.69, 9.17) is 9.84 Å². The summed E-state index contributed by atoms with van der Waals surface area (Å²) in [6, 6.07) is 17.7. The van der Waals surface area contributed by atoms with E-state index in [9.17, 15) is 4.79 Å². The fraction of sp³-hybridized carbons (Fsp3) is 0.185. The van der Waals surface area contributed by atoms with Gasteiger partial charge in [-0.15, -0.1) is 0 Å². The number of morpholine rings is 1. The third kappa shape index (κ3) is 5.62. The fourth-order valence-electron chi connectivity index (χ4n) is 4.00. The SMILES string of the molecule is O=C(/C=C/c1cn(Cc2ccccc2)nc1-c1cccnc1)Nc1cccnc1N1CCOCC1. The molecule has 1 saturated heterocycles. The molecule has 1 aromatic carbocycles. The van der Waals surface area contributed by atoms with E-state index < -0.39 is 0 Å². The Kier molecular flexibility index (Phi) is 6.91. The first-order valence-electron chi connectivity index (χ1n) is 11.5. The minimum atomic E-state index is -0.236. The number of hydrogen-bond donors (Lipinski definition) is 1. The molecule has 4 aromatic rings. The lowest BCUT2D eigenvalue weighted by Gasteiger charge is -2.29. The Morgan fingerprint density at radius 1 is 1.03 bits per heavy atom. The average molecular weight is 467 g/mol. The maximum Gasteiger partial charge on any atom is 0.248 e. The summed E-state index contributed by atoms with van der Waals surface area (Å²) in [6.45, 7) is 3.41. The largest absolute Gasteiger partial charge is 0.378 e.